The van der Waals surface area contributed by atoms with Gasteiger partial charge in [0.1, 0.15) is 5.82 Å². The molecule has 0 aliphatic heterocycles. The highest BCUT2D eigenvalue weighted by Gasteiger charge is 2.13. The van der Waals surface area contributed by atoms with Crippen molar-refractivity contribution in [3.63, 3.8) is 0 Å². The van der Waals surface area contributed by atoms with Crippen molar-refractivity contribution in [2.75, 3.05) is 5.73 Å². The number of anilines is 1. The van der Waals surface area contributed by atoms with E-state index in [1.54, 1.807) is 0 Å². The first-order valence-electron chi connectivity index (χ1n) is 5.85. The predicted molar refractivity (Wildman–Crippen MR) is 68.9 cm³/mol. The van der Waals surface area contributed by atoms with Crippen molar-refractivity contribution in [2.24, 2.45) is 0 Å². The number of hydrogen-bond donors (Lipinski definition) is 1. The average molecular weight is 291 g/mol. The molecule has 1 heterocycles. The van der Waals surface area contributed by atoms with E-state index in [4.69, 9.17) is 5.73 Å². The van der Waals surface area contributed by atoms with E-state index in [0.29, 0.717) is 5.56 Å². The van der Waals surface area contributed by atoms with Crippen LogP contribution in [-0.2, 0) is 0 Å². The molecule has 0 unspecified atom stereocenters. The lowest BCUT2D eigenvalue weighted by Gasteiger charge is -2.06. The minimum absolute atomic E-state index is 0.0627. The van der Waals surface area contributed by atoms with Crippen LogP contribution in [0.25, 0.3) is 17.1 Å². The van der Waals surface area contributed by atoms with Crippen molar-refractivity contribution in [1.29, 1.82) is 0 Å². The number of nitrogens with zero attached hydrogens (tertiary/aromatic N) is 4. The molecule has 3 aromatic rings. The van der Waals surface area contributed by atoms with Crippen LogP contribution in [0, 0.1) is 17.5 Å². The standard InChI is InChI=1S/C13H8F3N5/c14-9-4-2-8(6-11(9)16)21-13(18-19-20-21)7-1-3-10(15)12(17)5-7/h1-6H,17H2. The molecule has 8 heteroatoms. The van der Waals surface area contributed by atoms with Crippen molar-refractivity contribution >= 4 is 5.69 Å². The molecule has 2 aromatic carbocycles. The van der Waals surface area contributed by atoms with Crippen LogP contribution in [0.3, 0.4) is 0 Å². The molecule has 0 atom stereocenters. The van der Waals surface area contributed by atoms with Gasteiger partial charge in [-0.25, -0.2) is 13.2 Å². The second kappa shape index (κ2) is 4.89. The van der Waals surface area contributed by atoms with Crippen molar-refractivity contribution in [2.45, 2.75) is 0 Å². The van der Waals surface area contributed by atoms with E-state index in [1.807, 2.05) is 0 Å². The van der Waals surface area contributed by atoms with Crippen LogP contribution in [0.15, 0.2) is 36.4 Å². The van der Waals surface area contributed by atoms with Gasteiger partial charge < -0.3 is 5.73 Å². The Morgan fingerprint density at radius 1 is 0.905 bits per heavy atom. The summed E-state index contributed by atoms with van der Waals surface area (Å²) in [6.45, 7) is 0. The molecule has 0 saturated carbocycles. The highest BCUT2D eigenvalue weighted by molar-refractivity contribution is 5.62. The maximum atomic E-state index is 13.3. The Hall–Kier alpha value is -2.90. The zero-order chi connectivity index (χ0) is 15.0. The quantitative estimate of drug-likeness (QED) is 0.736. The van der Waals surface area contributed by atoms with Gasteiger partial charge >= 0.3 is 0 Å². The number of rotatable bonds is 2. The molecular weight excluding hydrogens is 283 g/mol. The summed E-state index contributed by atoms with van der Waals surface area (Å²) in [4.78, 5) is 0. The lowest BCUT2D eigenvalue weighted by atomic mass is 10.2. The van der Waals surface area contributed by atoms with Crippen LogP contribution < -0.4 is 5.73 Å². The fraction of sp³-hybridized carbons (Fsp3) is 0. The summed E-state index contributed by atoms with van der Waals surface area (Å²) in [7, 11) is 0. The monoisotopic (exact) mass is 291 g/mol. The highest BCUT2D eigenvalue weighted by Crippen LogP contribution is 2.23. The Labute approximate surface area is 116 Å². The van der Waals surface area contributed by atoms with E-state index in [9.17, 15) is 13.2 Å². The molecule has 0 saturated heterocycles. The Morgan fingerprint density at radius 3 is 2.38 bits per heavy atom. The SMILES string of the molecule is Nc1cc(-c2nnnn2-c2ccc(F)c(F)c2)ccc1F. The Bertz CT molecular complexity index is 749. The molecule has 5 nitrogen and oxygen atoms in total. The van der Waals surface area contributed by atoms with Gasteiger partial charge in [0, 0.05) is 11.6 Å². The first-order valence-corrected chi connectivity index (χ1v) is 5.85. The minimum atomic E-state index is -1.02. The van der Waals surface area contributed by atoms with Crippen molar-refractivity contribution in [3.05, 3.63) is 53.8 Å². The van der Waals surface area contributed by atoms with Crippen LogP contribution in [0.2, 0.25) is 0 Å². The van der Waals surface area contributed by atoms with Gasteiger partial charge in [-0.2, -0.15) is 4.68 Å². The lowest BCUT2D eigenvalue weighted by Crippen LogP contribution is -2.02. The second-order valence-corrected chi connectivity index (χ2v) is 4.25. The van der Waals surface area contributed by atoms with E-state index in [0.717, 1.165) is 12.1 Å². The molecule has 106 valence electrons. The van der Waals surface area contributed by atoms with Crippen LogP contribution in [-0.4, -0.2) is 20.2 Å². The van der Waals surface area contributed by atoms with Gasteiger partial charge in [0.05, 0.1) is 11.4 Å². The van der Waals surface area contributed by atoms with E-state index in [2.05, 4.69) is 15.5 Å². The van der Waals surface area contributed by atoms with Crippen LogP contribution in [0.4, 0.5) is 18.9 Å². The van der Waals surface area contributed by atoms with Gasteiger partial charge in [-0.15, -0.1) is 5.10 Å². The summed E-state index contributed by atoms with van der Waals surface area (Å²) in [6, 6.07) is 7.22. The highest BCUT2D eigenvalue weighted by atomic mass is 19.2. The molecule has 0 spiro atoms. The van der Waals surface area contributed by atoms with E-state index < -0.39 is 17.5 Å². The van der Waals surface area contributed by atoms with Gasteiger partial charge in [-0.1, -0.05) is 0 Å². The smallest absolute Gasteiger partial charge is 0.187 e. The normalized spacial score (nSPS) is 10.8. The zero-order valence-electron chi connectivity index (χ0n) is 10.5. The summed E-state index contributed by atoms with van der Waals surface area (Å²) in [5.41, 5.74) is 6.12. The minimum Gasteiger partial charge on any atom is -0.396 e. The Morgan fingerprint density at radius 2 is 1.67 bits per heavy atom. The Kier molecular flexibility index (Phi) is 3.05. The first-order chi connectivity index (χ1) is 10.1. The van der Waals surface area contributed by atoms with E-state index in [1.165, 1.54) is 28.9 Å². The first kappa shape index (κ1) is 13.1. The number of nitrogens with two attached hydrogens (primary N) is 1. The maximum absolute atomic E-state index is 13.3. The number of tetrazole rings is 1. The Balaban J connectivity index is 2.12. The van der Waals surface area contributed by atoms with Gasteiger partial charge in [0.15, 0.2) is 17.5 Å². The van der Waals surface area contributed by atoms with Crippen molar-refractivity contribution < 1.29 is 13.2 Å². The molecule has 21 heavy (non-hydrogen) atoms. The van der Waals surface area contributed by atoms with Crippen LogP contribution in [0.1, 0.15) is 0 Å². The number of nitrogen functional groups attached to an aromatic ring is 1. The molecular formula is C13H8F3N5. The largest absolute Gasteiger partial charge is 0.396 e. The molecule has 0 aliphatic carbocycles. The third-order valence-electron chi connectivity index (χ3n) is 2.87. The number of aromatic nitrogens is 4. The van der Waals surface area contributed by atoms with E-state index in [-0.39, 0.29) is 17.2 Å². The molecule has 3 rings (SSSR count). The summed E-state index contributed by atoms with van der Waals surface area (Å²) in [6.07, 6.45) is 0. The van der Waals surface area contributed by atoms with Crippen molar-refractivity contribution in [1.82, 2.24) is 20.2 Å². The molecule has 2 N–H and O–H groups in total. The fourth-order valence-corrected chi connectivity index (χ4v) is 1.84. The van der Waals surface area contributed by atoms with Crippen LogP contribution >= 0.6 is 0 Å². The van der Waals surface area contributed by atoms with Gasteiger partial charge in [-0.05, 0) is 40.8 Å². The maximum Gasteiger partial charge on any atom is 0.187 e. The summed E-state index contributed by atoms with van der Waals surface area (Å²) in [5.74, 6) is -2.33. The fourth-order valence-electron chi connectivity index (χ4n) is 1.84. The summed E-state index contributed by atoms with van der Waals surface area (Å²) >= 11 is 0. The van der Waals surface area contributed by atoms with Gasteiger partial charge in [0.25, 0.3) is 0 Å². The summed E-state index contributed by atoms with van der Waals surface area (Å²) < 4.78 is 40.7. The average Bonchev–Trinajstić information content (AvgIpc) is 2.94. The molecule has 0 radical (unpaired) electrons. The van der Waals surface area contributed by atoms with Gasteiger partial charge in [0.2, 0.25) is 0 Å². The van der Waals surface area contributed by atoms with Crippen molar-refractivity contribution in [3.8, 4) is 17.1 Å². The molecule has 0 bridgehead atoms. The summed E-state index contributed by atoms with van der Waals surface area (Å²) in [5, 5.41) is 11.0. The van der Waals surface area contributed by atoms with Gasteiger partial charge in [-0.3, -0.25) is 0 Å². The lowest BCUT2D eigenvalue weighted by molar-refractivity contribution is 0.507. The molecule has 1 aromatic heterocycles. The second-order valence-electron chi connectivity index (χ2n) is 4.25. The number of halogens is 3. The third-order valence-corrected chi connectivity index (χ3v) is 2.87. The van der Waals surface area contributed by atoms with E-state index >= 15 is 0 Å². The molecule has 0 fully saturated rings. The predicted octanol–water partition coefficient (Wildman–Crippen LogP) is 2.33. The number of hydrogen-bond acceptors (Lipinski definition) is 4. The third kappa shape index (κ3) is 2.31. The molecule has 0 aliphatic rings. The topological polar surface area (TPSA) is 69.6 Å². The van der Waals surface area contributed by atoms with Crippen LogP contribution in [0.5, 0.6) is 0 Å². The number of benzene rings is 2. The zero-order valence-corrected chi connectivity index (χ0v) is 10.5. The molecule has 0 amide bonds.